The molecule has 1 aliphatic rings. The number of aromatic hydroxyl groups is 1. The third-order valence-electron chi connectivity index (χ3n) is 6.56. The highest BCUT2D eigenvalue weighted by molar-refractivity contribution is 5.94. The SMILES string of the molecule is NC(N)=NCCC[C@H](NC(=O)[C@@H]1CCCN1)C(=O)N[C@@H](Cc1ccc(O)cc1)C(=O)N[C@@H](Cc1cnc[nH]1)C(=O)O. The number of benzene rings is 1. The van der Waals surface area contributed by atoms with Crippen LogP contribution in [0.25, 0.3) is 0 Å². The van der Waals surface area contributed by atoms with E-state index >= 15 is 0 Å². The van der Waals surface area contributed by atoms with Crippen LogP contribution in [-0.2, 0) is 32.0 Å². The molecule has 2 aromatic rings. The minimum Gasteiger partial charge on any atom is -0.508 e. The van der Waals surface area contributed by atoms with Gasteiger partial charge in [0.2, 0.25) is 17.7 Å². The highest BCUT2D eigenvalue weighted by atomic mass is 16.4. The van der Waals surface area contributed by atoms with Crippen molar-refractivity contribution in [2.45, 2.75) is 62.7 Å². The highest BCUT2D eigenvalue weighted by Gasteiger charge is 2.31. The first-order valence-corrected chi connectivity index (χ1v) is 13.3. The molecule has 0 aliphatic carbocycles. The molecule has 1 saturated heterocycles. The highest BCUT2D eigenvalue weighted by Crippen LogP contribution is 2.13. The molecule has 4 atom stereocenters. The number of nitrogens with zero attached hydrogens (tertiary/aromatic N) is 2. The van der Waals surface area contributed by atoms with E-state index in [-0.39, 0.29) is 43.4 Å². The Morgan fingerprint density at radius 3 is 2.34 bits per heavy atom. The smallest absolute Gasteiger partial charge is 0.326 e. The second-order valence-corrected chi connectivity index (χ2v) is 9.77. The first kappa shape index (κ1) is 30.9. The van der Waals surface area contributed by atoms with Gasteiger partial charge in [-0.15, -0.1) is 0 Å². The Hall–Kier alpha value is -4.66. The molecule has 0 unspecified atom stereocenters. The van der Waals surface area contributed by atoms with E-state index in [9.17, 15) is 29.4 Å². The second kappa shape index (κ2) is 15.2. The maximum Gasteiger partial charge on any atom is 0.326 e. The molecule has 1 fully saturated rings. The number of phenolic OH excluding ortho intramolecular Hbond substituents is 1. The van der Waals surface area contributed by atoms with Gasteiger partial charge in [-0.1, -0.05) is 12.1 Å². The van der Waals surface area contributed by atoms with Crippen LogP contribution in [0.1, 0.15) is 36.9 Å². The molecule has 0 bridgehead atoms. The lowest BCUT2D eigenvalue weighted by atomic mass is 10.0. The minimum atomic E-state index is -1.30. The number of carboxylic acids is 1. The van der Waals surface area contributed by atoms with Crippen LogP contribution in [-0.4, -0.2) is 87.1 Å². The number of aromatic amines is 1. The zero-order valence-electron chi connectivity index (χ0n) is 22.5. The number of aliphatic carboxylic acids is 1. The van der Waals surface area contributed by atoms with E-state index in [0.717, 1.165) is 6.42 Å². The summed E-state index contributed by atoms with van der Waals surface area (Å²) in [6.45, 7) is 0.923. The van der Waals surface area contributed by atoms with Gasteiger partial charge in [-0.05, 0) is 49.9 Å². The monoisotopic (exact) mass is 571 g/mol. The summed E-state index contributed by atoms with van der Waals surface area (Å²) in [5, 5.41) is 30.4. The molecule has 0 saturated carbocycles. The van der Waals surface area contributed by atoms with Crippen LogP contribution in [0, 0.1) is 0 Å². The molecule has 1 aliphatic heterocycles. The number of aliphatic imine (C=N–C) groups is 1. The van der Waals surface area contributed by atoms with Crippen LogP contribution in [0.5, 0.6) is 5.75 Å². The number of amides is 3. The van der Waals surface area contributed by atoms with Crippen molar-refractivity contribution in [1.82, 2.24) is 31.2 Å². The van der Waals surface area contributed by atoms with E-state index in [1.54, 1.807) is 12.1 Å². The zero-order valence-corrected chi connectivity index (χ0v) is 22.5. The van der Waals surface area contributed by atoms with Crippen LogP contribution in [0.15, 0.2) is 41.8 Å². The predicted molar refractivity (Wildman–Crippen MR) is 148 cm³/mol. The van der Waals surface area contributed by atoms with Crippen molar-refractivity contribution >= 4 is 29.7 Å². The predicted octanol–water partition coefficient (Wildman–Crippen LogP) is -1.75. The molecule has 15 nitrogen and oxygen atoms in total. The number of phenols is 1. The normalized spacial score (nSPS) is 16.6. The lowest BCUT2D eigenvalue weighted by molar-refractivity contribution is -0.142. The third kappa shape index (κ3) is 10.1. The maximum absolute atomic E-state index is 13.5. The number of aromatic nitrogens is 2. The molecule has 0 spiro atoms. The Morgan fingerprint density at radius 1 is 1.02 bits per heavy atom. The van der Waals surface area contributed by atoms with E-state index in [2.05, 4.69) is 36.2 Å². The van der Waals surface area contributed by atoms with Crippen molar-refractivity contribution in [2.24, 2.45) is 16.5 Å². The summed E-state index contributed by atoms with van der Waals surface area (Å²) >= 11 is 0. The lowest BCUT2D eigenvalue weighted by Crippen LogP contribution is -2.57. The Kier molecular flexibility index (Phi) is 11.5. The summed E-state index contributed by atoms with van der Waals surface area (Å²) in [7, 11) is 0. The average molecular weight is 572 g/mol. The number of carbonyl (C=O) groups excluding carboxylic acids is 3. The van der Waals surface area contributed by atoms with E-state index in [1.807, 2.05) is 0 Å². The number of rotatable bonds is 15. The number of hydrogen-bond acceptors (Lipinski definition) is 8. The van der Waals surface area contributed by atoms with Crippen molar-refractivity contribution in [3.05, 3.63) is 48.0 Å². The van der Waals surface area contributed by atoms with Gasteiger partial charge in [0.15, 0.2) is 5.96 Å². The molecule has 0 radical (unpaired) electrons. The second-order valence-electron chi connectivity index (χ2n) is 9.77. The Morgan fingerprint density at radius 2 is 1.73 bits per heavy atom. The fraction of sp³-hybridized carbons (Fsp3) is 0.462. The van der Waals surface area contributed by atoms with Crippen molar-refractivity contribution in [3.8, 4) is 5.75 Å². The molecular weight excluding hydrogens is 534 g/mol. The fourth-order valence-corrected chi connectivity index (χ4v) is 4.39. The first-order chi connectivity index (χ1) is 19.6. The molecule has 3 rings (SSSR count). The summed E-state index contributed by atoms with van der Waals surface area (Å²) in [4.78, 5) is 62.2. The molecule has 3 amide bonds. The van der Waals surface area contributed by atoms with Crippen LogP contribution >= 0.6 is 0 Å². The molecule has 11 N–H and O–H groups in total. The molecule has 2 heterocycles. The summed E-state index contributed by atoms with van der Waals surface area (Å²) in [6.07, 6.45) is 4.80. The zero-order chi connectivity index (χ0) is 29.8. The fourth-order valence-electron chi connectivity index (χ4n) is 4.39. The van der Waals surface area contributed by atoms with Crippen molar-refractivity contribution in [2.75, 3.05) is 13.1 Å². The first-order valence-electron chi connectivity index (χ1n) is 13.3. The van der Waals surface area contributed by atoms with Crippen molar-refractivity contribution in [3.63, 3.8) is 0 Å². The molecule has 222 valence electrons. The van der Waals surface area contributed by atoms with Gasteiger partial charge in [0.25, 0.3) is 0 Å². The number of carbonyl (C=O) groups is 4. The molecular formula is C26H37N9O6. The topological polar surface area (TPSA) is 250 Å². The van der Waals surface area contributed by atoms with Gasteiger partial charge in [0.1, 0.15) is 23.9 Å². The van der Waals surface area contributed by atoms with E-state index in [0.29, 0.717) is 30.6 Å². The van der Waals surface area contributed by atoms with Gasteiger partial charge in [-0.3, -0.25) is 19.4 Å². The Balaban J connectivity index is 1.78. The number of imidazole rings is 1. The van der Waals surface area contributed by atoms with Gasteiger partial charge < -0.3 is 47.9 Å². The van der Waals surface area contributed by atoms with Gasteiger partial charge in [0, 0.05) is 31.3 Å². The number of H-pyrrole nitrogens is 1. The van der Waals surface area contributed by atoms with Crippen LogP contribution in [0.3, 0.4) is 0 Å². The third-order valence-corrected chi connectivity index (χ3v) is 6.56. The summed E-state index contributed by atoms with van der Waals surface area (Å²) in [5.41, 5.74) is 11.9. The van der Waals surface area contributed by atoms with Crippen LogP contribution < -0.4 is 32.7 Å². The summed E-state index contributed by atoms with van der Waals surface area (Å²) in [5.74, 6) is -3.04. The summed E-state index contributed by atoms with van der Waals surface area (Å²) < 4.78 is 0. The van der Waals surface area contributed by atoms with Crippen molar-refractivity contribution in [1.29, 1.82) is 0 Å². The quantitative estimate of drug-likeness (QED) is 0.0662. The van der Waals surface area contributed by atoms with E-state index < -0.39 is 42.0 Å². The van der Waals surface area contributed by atoms with Gasteiger partial charge in [0.05, 0.1) is 12.4 Å². The lowest BCUT2D eigenvalue weighted by Gasteiger charge is -2.25. The van der Waals surface area contributed by atoms with Crippen LogP contribution in [0.2, 0.25) is 0 Å². The van der Waals surface area contributed by atoms with E-state index in [1.165, 1.54) is 24.7 Å². The minimum absolute atomic E-state index is 0.00685. The Labute approximate surface area is 236 Å². The van der Waals surface area contributed by atoms with Gasteiger partial charge >= 0.3 is 5.97 Å². The van der Waals surface area contributed by atoms with Gasteiger partial charge in [-0.2, -0.15) is 0 Å². The van der Waals surface area contributed by atoms with Crippen molar-refractivity contribution < 1.29 is 29.4 Å². The number of hydrogen-bond donors (Lipinski definition) is 9. The molecule has 1 aromatic carbocycles. The Bertz CT molecular complexity index is 1190. The standard InChI is InChI=1S/C26H37N9O6/c27-26(28)31-10-2-4-19(33-22(37)18-3-1-9-30-18)23(38)34-20(11-15-5-7-17(36)8-6-15)24(39)35-21(25(40)41)12-16-13-29-14-32-16/h5-8,13-14,18-21,30,36H,1-4,9-12H2,(H,29,32)(H,33,37)(H,34,38)(H,35,39)(H,40,41)(H4,27,28,31)/t18-,19-,20-,21-/m0/s1. The molecule has 15 heteroatoms. The van der Waals surface area contributed by atoms with Crippen LogP contribution in [0.4, 0.5) is 0 Å². The molecule has 41 heavy (non-hydrogen) atoms. The number of nitrogens with one attached hydrogen (secondary N) is 5. The van der Waals surface area contributed by atoms with Gasteiger partial charge in [-0.25, -0.2) is 9.78 Å². The average Bonchev–Trinajstić information content (AvgIpc) is 3.65. The number of carboxylic acid groups (broad SMARTS) is 1. The number of nitrogens with two attached hydrogens (primary N) is 2. The maximum atomic E-state index is 13.5. The van der Waals surface area contributed by atoms with E-state index in [4.69, 9.17) is 11.5 Å². The molecule has 1 aromatic heterocycles. The largest absolute Gasteiger partial charge is 0.508 e. The number of guanidine groups is 1. The summed E-state index contributed by atoms with van der Waals surface area (Å²) in [6, 6.07) is 2.11.